The number of anilines is 1. The van der Waals surface area contributed by atoms with Crippen molar-refractivity contribution in [1.82, 2.24) is 0 Å². The molecule has 0 spiro atoms. The summed E-state index contributed by atoms with van der Waals surface area (Å²) in [6.45, 7) is 10.5. The second-order valence-electron chi connectivity index (χ2n) is 6.45. The monoisotopic (exact) mass is 247 g/mol. The molecule has 2 nitrogen and oxygen atoms in total. The van der Waals surface area contributed by atoms with E-state index < -0.39 is 0 Å². The molecule has 1 aromatic carbocycles. The van der Waals surface area contributed by atoms with Crippen LogP contribution in [0.25, 0.3) is 0 Å². The van der Waals surface area contributed by atoms with Crippen molar-refractivity contribution in [3.63, 3.8) is 0 Å². The van der Waals surface area contributed by atoms with Gasteiger partial charge in [-0.05, 0) is 37.0 Å². The Morgan fingerprint density at radius 3 is 2.17 bits per heavy atom. The molecular formula is C16H25NO. The lowest BCUT2D eigenvalue weighted by molar-refractivity contribution is -0.120. The molecule has 0 amide bonds. The molecule has 0 aliphatic carbocycles. The fraction of sp³-hybridized carbons (Fsp3) is 0.562. The predicted octanol–water partition coefficient (Wildman–Crippen LogP) is 4.05. The van der Waals surface area contributed by atoms with Crippen LogP contribution in [0.1, 0.15) is 46.6 Å². The number of carbonyl (C=O) groups excluding carboxylic acids is 1. The highest BCUT2D eigenvalue weighted by atomic mass is 16.1. The first-order valence-corrected chi connectivity index (χ1v) is 6.63. The molecule has 0 unspecified atom stereocenters. The molecule has 0 heterocycles. The van der Waals surface area contributed by atoms with Crippen LogP contribution in [0.15, 0.2) is 24.3 Å². The smallest absolute Gasteiger partial charge is 0.137 e. The summed E-state index contributed by atoms with van der Waals surface area (Å²) in [6.07, 6.45) is 1.18. The average molecular weight is 247 g/mol. The Morgan fingerprint density at radius 2 is 1.72 bits per heavy atom. The molecule has 0 bridgehead atoms. The Morgan fingerprint density at radius 1 is 1.17 bits per heavy atom. The van der Waals surface area contributed by atoms with Crippen LogP contribution in [0.4, 0.5) is 5.69 Å². The number of nitrogens with one attached hydrogen (secondary N) is 1. The fourth-order valence-electron chi connectivity index (χ4n) is 1.93. The molecule has 1 aromatic rings. The van der Waals surface area contributed by atoms with E-state index in [1.807, 2.05) is 24.3 Å². The maximum Gasteiger partial charge on any atom is 0.137 e. The van der Waals surface area contributed by atoms with E-state index in [9.17, 15) is 4.79 Å². The van der Waals surface area contributed by atoms with Crippen molar-refractivity contribution in [2.24, 2.45) is 5.41 Å². The highest BCUT2D eigenvalue weighted by Crippen LogP contribution is 2.20. The van der Waals surface area contributed by atoms with E-state index in [0.717, 1.165) is 11.3 Å². The molecule has 0 saturated carbocycles. The van der Waals surface area contributed by atoms with Gasteiger partial charge in [-0.15, -0.1) is 0 Å². The second kappa shape index (κ2) is 6.03. The minimum absolute atomic E-state index is 0.0796. The van der Waals surface area contributed by atoms with Crippen LogP contribution < -0.4 is 5.32 Å². The van der Waals surface area contributed by atoms with Crippen LogP contribution in [-0.4, -0.2) is 11.8 Å². The van der Waals surface area contributed by atoms with Gasteiger partial charge in [0, 0.05) is 24.6 Å². The highest BCUT2D eigenvalue weighted by molar-refractivity contribution is 5.81. The van der Waals surface area contributed by atoms with Gasteiger partial charge in [0.05, 0.1) is 0 Å². The summed E-state index contributed by atoms with van der Waals surface area (Å²) in [6, 6.07) is 8.58. The molecule has 1 rings (SSSR count). The number of benzene rings is 1. The summed E-state index contributed by atoms with van der Waals surface area (Å²) < 4.78 is 0. The van der Waals surface area contributed by atoms with E-state index in [1.165, 1.54) is 0 Å². The molecule has 1 N–H and O–H groups in total. The van der Waals surface area contributed by atoms with Crippen molar-refractivity contribution in [1.29, 1.82) is 0 Å². The second-order valence-corrected chi connectivity index (χ2v) is 6.45. The van der Waals surface area contributed by atoms with Crippen molar-refractivity contribution < 1.29 is 4.79 Å². The molecule has 0 aliphatic rings. The zero-order valence-corrected chi connectivity index (χ0v) is 12.2. The highest BCUT2D eigenvalue weighted by Gasteiger charge is 2.15. The van der Waals surface area contributed by atoms with Crippen molar-refractivity contribution in [2.75, 3.05) is 5.32 Å². The van der Waals surface area contributed by atoms with Gasteiger partial charge in [0.25, 0.3) is 0 Å². The Bertz CT molecular complexity index is 385. The Labute approximate surface area is 111 Å². The summed E-state index contributed by atoms with van der Waals surface area (Å²) in [4.78, 5) is 11.9. The van der Waals surface area contributed by atoms with Crippen LogP contribution in [0, 0.1) is 5.41 Å². The van der Waals surface area contributed by atoms with Gasteiger partial charge < -0.3 is 5.32 Å². The van der Waals surface area contributed by atoms with Crippen molar-refractivity contribution in [3.8, 4) is 0 Å². The first-order valence-electron chi connectivity index (χ1n) is 6.63. The summed E-state index contributed by atoms with van der Waals surface area (Å²) in [5.74, 6) is 0.312. The first kappa shape index (κ1) is 14.7. The lowest BCUT2D eigenvalue weighted by atomic mass is 9.88. The summed E-state index contributed by atoms with van der Waals surface area (Å²) >= 11 is 0. The van der Waals surface area contributed by atoms with E-state index in [-0.39, 0.29) is 5.41 Å². The first-order chi connectivity index (χ1) is 8.26. The Hall–Kier alpha value is -1.31. The van der Waals surface area contributed by atoms with Gasteiger partial charge in [-0.3, -0.25) is 4.79 Å². The standard InChI is InChI=1S/C16H25NO/c1-12(2)17-14-8-6-13(7-9-14)10-15(18)11-16(3,4)5/h6-9,12,17H,10-11H2,1-5H3. The van der Waals surface area contributed by atoms with Crippen LogP contribution in [-0.2, 0) is 11.2 Å². The van der Waals surface area contributed by atoms with Gasteiger partial charge in [-0.25, -0.2) is 0 Å². The number of Topliss-reactive ketones (excluding diaryl/α,β-unsaturated/α-hetero) is 1. The summed E-state index contributed by atoms with van der Waals surface area (Å²) in [5.41, 5.74) is 2.28. The number of hydrogen-bond donors (Lipinski definition) is 1. The number of hydrogen-bond acceptors (Lipinski definition) is 2. The van der Waals surface area contributed by atoms with Crippen molar-refractivity contribution >= 4 is 11.5 Å². The van der Waals surface area contributed by atoms with Crippen molar-refractivity contribution in [3.05, 3.63) is 29.8 Å². The number of carbonyl (C=O) groups is 1. The van der Waals surface area contributed by atoms with Gasteiger partial charge in [0.15, 0.2) is 0 Å². The van der Waals surface area contributed by atoms with Crippen LogP contribution in [0.3, 0.4) is 0 Å². The lowest BCUT2D eigenvalue weighted by Gasteiger charge is -2.16. The molecule has 2 heteroatoms. The zero-order chi connectivity index (χ0) is 13.8. The minimum Gasteiger partial charge on any atom is -0.383 e. The quantitative estimate of drug-likeness (QED) is 0.850. The van der Waals surface area contributed by atoms with Crippen molar-refractivity contribution in [2.45, 2.75) is 53.5 Å². The molecule has 100 valence electrons. The van der Waals surface area contributed by atoms with Gasteiger partial charge in [-0.1, -0.05) is 32.9 Å². The normalized spacial score (nSPS) is 11.7. The largest absolute Gasteiger partial charge is 0.383 e. The van der Waals surface area contributed by atoms with Crippen LogP contribution >= 0.6 is 0 Å². The molecule has 0 aromatic heterocycles. The van der Waals surface area contributed by atoms with Gasteiger partial charge in [0.1, 0.15) is 5.78 Å². The SMILES string of the molecule is CC(C)Nc1ccc(CC(=O)CC(C)(C)C)cc1. The minimum atomic E-state index is 0.0796. The molecule has 0 saturated heterocycles. The Balaban J connectivity index is 2.56. The zero-order valence-electron chi connectivity index (χ0n) is 12.2. The topological polar surface area (TPSA) is 29.1 Å². The number of rotatable bonds is 5. The molecule has 0 atom stereocenters. The van der Waals surface area contributed by atoms with Crippen LogP contribution in [0.2, 0.25) is 0 Å². The molecule has 0 aliphatic heterocycles. The molecule has 18 heavy (non-hydrogen) atoms. The van der Waals surface area contributed by atoms with Gasteiger partial charge in [0.2, 0.25) is 0 Å². The van der Waals surface area contributed by atoms with E-state index in [0.29, 0.717) is 24.7 Å². The third kappa shape index (κ3) is 5.85. The fourth-order valence-corrected chi connectivity index (χ4v) is 1.93. The van der Waals surface area contributed by atoms with Crippen LogP contribution in [0.5, 0.6) is 0 Å². The number of ketones is 1. The average Bonchev–Trinajstić information content (AvgIpc) is 2.17. The van der Waals surface area contributed by atoms with Gasteiger partial charge in [-0.2, -0.15) is 0 Å². The molecular weight excluding hydrogens is 222 g/mol. The van der Waals surface area contributed by atoms with E-state index in [4.69, 9.17) is 0 Å². The third-order valence-corrected chi connectivity index (χ3v) is 2.54. The van der Waals surface area contributed by atoms with E-state index >= 15 is 0 Å². The Kier molecular flexibility index (Phi) is 4.94. The van der Waals surface area contributed by atoms with E-state index in [1.54, 1.807) is 0 Å². The van der Waals surface area contributed by atoms with Gasteiger partial charge >= 0.3 is 0 Å². The predicted molar refractivity (Wildman–Crippen MR) is 78.0 cm³/mol. The third-order valence-electron chi connectivity index (χ3n) is 2.54. The summed E-state index contributed by atoms with van der Waals surface area (Å²) in [5, 5.41) is 3.34. The maximum atomic E-state index is 11.9. The molecule has 0 fully saturated rings. The summed E-state index contributed by atoms with van der Waals surface area (Å²) in [7, 11) is 0. The lowest BCUT2D eigenvalue weighted by Crippen LogP contribution is -2.14. The van der Waals surface area contributed by atoms with E-state index in [2.05, 4.69) is 39.9 Å². The molecule has 0 radical (unpaired) electrons. The maximum absolute atomic E-state index is 11.9.